The molecule has 2 aromatic carbocycles. The summed E-state index contributed by atoms with van der Waals surface area (Å²) in [5.74, 6) is -1.95. The first-order valence-electron chi connectivity index (χ1n) is 7.11. The van der Waals surface area contributed by atoms with E-state index >= 15 is 0 Å². The molecular weight excluding hydrogens is 280 g/mol. The molecule has 4 heteroatoms. The van der Waals surface area contributed by atoms with Crippen LogP contribution >= 0.6 is 0 Å². The molecule has 2 aromatic rings. The lowest BCUT2D eigenvalue weighted by Gasteiger charge is -2.27. The number of hydrogen-bond acceptors (Lipinski definition) is 3. The van der Waals surface area contributed by atoms with Gasteiger partial charge in [0, 0.05) is 6.42 Å². The van der Waals surface area contributed by atoms with Gasteiger partial charge in [-0.15, -0.1) is 0 Å². The van der Waals surface area contributed by atoms with E-state index in [1.54, 1.807) is 49.4 Å². The van der Waals surface area contributed by atoms with E-state index in [4.69, 9.17) is 4.74 Å². The first-order chi connectivity index (χ1) is 10.6. The van der Waals surface area contributed by atoms with Crippen molar-refractivity contribution >= 4 is 11.9 Å². The van der Waals surface area contributed by atoms with Gasteiger partial charge < -0.3 is 9.84 Å². The summed E-state index contributed by atoms with van der Waals surface area (Å²) in [4.78, 5) is 24.6. The van der Waals surface area contributed by atoms with Crippen LogP contribution in [-0.4, -0.2) is 23.7 Å². The average Bonchev–Trinajstić information content (AvgIpc) is 2.54. The first kappa shape index (κ1) is 15.8. The van der Waals surface area contributed by atoms with Gasteiger partial charge in [0.15, 0.2) is 5.41 Å². The number of ether oxygens (including phenoxy) is 1. The van der Waals surface area contributed by atoms with E-state index in [1.165, 1.54) is 0 Å². The molecule has 22 heavy (non-hydrogen) atoms. The molecule has 0 saturated carbocycles. The molecule has 0 radical (unpaired) electrons. The zero-order chi connectivity index (χ0) is 16.0. The maximum absolute atomic E-state index is 12.5. The number of carboxylic acids is 1. The lowest BCUT2D eigenvalue weighted by Crippen LogP contribution is -2.47. The summed E-state index contributed by atoms with van der Waals surface area (Å²) in [7, 11) is 0. The zero-order valence-corrected chi connectivity index (χ0v) is 12.4. The second kappa shape index (κ2) is 6.89. The van der Waals surface area contributed by atoms with Crippen LogP contribution in [0.1, 0.15) is 18.1 Å². The van der Waals surface area contributed by atoms with Crippen molar-refractivity contribution < 1.29 is 19.4 Å². The highest BCUT2D eigenvalue weighted by atomic mass is 16.5. The average molecular weight is 298 g/mol. The molecule has 0 aliphatic rings. The molecule has 0 aromatic heterocycles. The number of rotatable bonds is 6. The van der Waals surface area contributed by atoms with E-state index in [1.807, 2.05) is 18.2 Å². The second-order valence-corrected chi connectivity index (χ2v) is 4.96. The van der Waals surface area contributed by atoms with Crippen molar-refractivity contribution in [1.82, 2.24) is 0 Å². The maximum atomic E-state index is 12.5. The topological polar surface area (TPSA) is 63.6 Å². The third-order valence-corrected chi connectivity index (χ3v) is 3.57. The minimum atomic E-state index is -1.74. The Morgan fingerprint density at radius 3 is 2.05 bits per heavy atom. The van der Waals surface area contributed by atoms with E-state index in [-0.39, 0.29) is 13.0 Å². The van der Waals surface area contributed by atoms with Gasteiger partial charge in [-0.3, -0.25) is 9.59 Å². The van der Waals surface area contributed by atoms with Crippen LogP contribution < -0.4 is 0 Å². The Morgan fingerprint density at radius 1 is 1.00 bits per heavy atom. The Kier molecular flexibility index (Phi) is 4.94. The number of benzene rings is 2. The normalized spacial score (nSPS) is 13.1. The predicted octanol–water partition coefficient (Wildman–Crippen LogP) is 2.81. The highest BCUT2D eigenvalue weighted by Crippen LogP contribution is 2.31. The molecule has 0 spiro atoms. The molecule has 114 valence electrons. The summed E-state index contributed by atoms with van der Waals surface area (Å²) in [5.41, 5.74) is -0.551. The van der Waals surface area contributed by atoms with Crippen molar-refractivity contribution in [3.05, 3.63) is 71.8 Å². The number of aliphatic carboxylic acids is 1. The van der Waals surface area contributed by atoms with Crippen molar-refractivity contribution in [1.29, 1.82) is 0 Å². The van der Waals surface area contributed by atoms with E-state index in [0.717, 1.165) is 5.56 Å². The summed E-state index contributed by atoms with van der Waals surface area (Å²) in [5, 5.41) is 9.83. The molecule has 1 N–H and O–H groups in total. The fourth-order valence-corrected chi connectivity index (χ4v) is 2.46. The fourth-order valence-electron chi connectivity index (χ4n) is 2.46. The number of carbonyl (C=O) groups excluding carboxylic acids is 1. The SMILES string of the molecule is CCOC(=O)C(Cc1ccccc1)(C(=O)O)c1ccccc1. The summed E-state index contributed by atoms with van der Waals surface area (Å²) in [6, 6.07) is 17.6. The van der Waals surface area contributed by atoms with E-state index in [9.17, 15) is 14.7 Å². The molecule has 0 amide bonds. The van der Waals surface area contributed by atoms with Crippen molar-refractivity contribution in [3.63, 3.8) is 0 Å². The standard InChI is InChI=1S/C18H18O4/c1-2-22-17(21)18(16(19)20,15-11-7-4-8-12-15)13-14-9-5-3-6-10-14/h3-12H,2,13H2,1H3,(H,19,20). The molecular formula is C18H18O4. The molecule has 1 atom stereocenters. The lowest BCUT2D eigenvalue weighted by molar-refractivity contribution is -0.161. The second-order valence-electron chi connectivity index (χ2n) is 4.96. The van der Waals surface area contributed by atoms with Gasteiger partial charge in [0.2, 0.25) is 0 Å². The zero-order valence-electron chi connectivity index (χ0n) is 12.4. The fraction of sp³-hybridized carbons (Fsp3) is 0.222. The van der Waals surface area contributed by atoms with Gasteiger partial charge in [-0.25, -0.2) is 0 Å². The van der Waals surface area contributed by atoms with E-state index < -0.39 is 17.4 Å². The largest absolute Gasteiger partial charge is 0.480 e. The molecule has 0 aliphatic carbocycles. The quantitative estimate of drug-likeness (QED) is 0.658. The Hall–Kier alpha value is -2.62. The van der Waals surface area contributed by atoms with Crippen LogP contribution in [0.5, 0.6) is 0 Å². The van der Waals surface area contributed by atoms with Crippen molar-refractivity contribution in [2.75, 3.05) is 6.61 Å². The summed E-state index contributed by atoms with van der Waals surface area (Å²) >= 11 is 0. The number of carboxylic acid groups (broad SMARTS) is 1. The third-order valence-electron chi connectivity index (χ3n) is 3.57. The Morgan fingerprint density at radius 2 is 1.55 bits per heavy atom. The van der Waals surface area contributed by atoms with E-state index in [0.29, 0.717) is 5.56 Å². The third kappa shape index (κ3) is 3.01. The highest BCUT2D eigenvalue weighted by molar-refractivity contribution is 6.05. The maximum Gasteiger partial charge on any atom is 0.328 e. The van der Waals surface area contributed by atoms with Gasteiger partial charge in [0.1, 0.15) is 0 Å². The molecule has 2 rings (SSSR count). The van der Waals surface area contributed by atoms with E-state index in [2.05, 4.69) is 0 Å². The molecule has 4 nitrogen and oxygen atoms in total. The van der Waals surface area contributed by atoms with Crippen molar-refractivity contribution in [3.8, 4) is 0 Å². The van der Waals surface area contributed by atoms with Gasteiger partial charge >= 0.3 is 11.9 Å². The van der Waals surface area contributed by atoms with Crippen LogP contribution in [0.25, 0.3) is 0 Å². The van der Waals surface area contributed by atoms with Crippen LogP contribution in [0, 0.1) is 0 Å². The van der Waals surface area contributed by atoms with Crippen LogP contribution in [0.15, 0.2) is 60.7 Å². The predicted molar refractivity (Wildman–Crippen MR) is 82.5 cm³/mol. The van der Waals surface area contributed by atoms with Gasteiger partial charge in [0.05, 0.1) is 6.61 Å². The molecule has 0 heterocycles. The molecule has 0 saturated heterocycles. The first-order valence-corrected chi connectivity index (χ1v) is 7.11. The monoisotopic (exact) mass is 298 g/mol. The van der Waals surface area contributed by atoms with Gasteiger partial charge in [-0.1, -0.05) is 60.7 Å². The highest BCUT2D eigenvalue weighted by Gasteiger charge is 2.49. The van der Waals surface area contributed by atoms with Crippen LogP contribution in [0.2, 0.25) is 0 Å². The minimum absolute atomic E-state index is 0.0476. The summed E-state index contributed by atoms with van der Waals surface area (Å²) in [6.45, 7) is 1.80. The molecule has 0 bridgehead atoms. The minimum Gasteiger partial charge on any atom is -0.480 e. The van der Waals surface area contributed by atoms with Gasteiger partial charge in [0.25, 0.3) is 0 Å². The molecule has 0 aliphatic heterocycles. The van der Waals surface area contributed by atoms with Gasteiger partial charge in [-0.2, -0.15) is 0 Å². The van der Waals surface area contributed by atoms with Crippen LogP contribution in [-0.2, 0) is 26.2 Å². The number of carbonyl (C=O) groups is 2. The Bertz CT molecular complexity index is 637. The van der Waals surface area contributed by atoms with Crippen LogP contribution in [0.4, 0.5) is 0 Å². The summed E-state index contributed by atoms with van der Waals surface area (Å²) in [6.07, 6.45) is 0.0476. The Balaban J connectivity index is 2.55. The van der Waals surface area contributed by atoms with Crippen molar-refractivity contribution in [2.45, 2.75) is 18.8 Å². The van der Waals surface area contributed by atoms with Crippen LogP contribution in [0.3, 0.4) is 0 Å². The Labute approximate surface area is 129 Å². The summed E-state index contributed by atoms with van der Waals surface area (Å²) < 4.78 is 5.08. The number of hydrogen-bond donors (Lipinski definition) is 1. The van der Waals surface area contributed by atoms with Crippen molar-refractivity contribution in [2.24, 2.45) is 0 Å². The number of esters is 1. The van der Waals surface area contributed by atoms with Gasteiger partial charge in [-0.05, 0) is 18.1 Å². The smallest absolute Gasteiger partial charge is 0.328 e. The molecule has 1 unspecified atom stereocenters. The molecule has 0 fully saturated rings. The lowest BCUT2D eigenvalue weighted by atomic mass is 9.75.